The molecule has 0 unspecified atom stereocenters. The summed E-state index contributed by atoms with van der Waals surface area (Å²) >= 11 is 1.54. The number of nitrogens with one attached hydrogen (secondary N) is 1. The van der Waals surface area contributed by atoms with Gasteiger partial charge in [0.2, 0.25) is 5.91 Å². The third-order valence-corrected chi connectivity index (χ3v) is 3.30. The van der Waals surface area contributed by atoms with Crippen molar-refractivity contribution in [2.75, 3.05) is 5.32 Å². The first-order valence-corrected chi connectivity index (χ1v) is 5.48. The lowest BCUT2D eigenvalue weighted by Crippen LogP contribution is -2.26. The van der Waals surface area contributed by atoms with E-state index < -0.39 is 0 Å². The third kappa shape index (κ3) is 1.93. The zero-order chi connectivity index (χ0) is 10.1. The van der Waals surface area contributed by atoms with Gasteiger partial charge in [0.15, 0.2) is 5.13 Å². The van der Waals surface area contributed by atoms with Gasteiger partial charge in [-0.15, -0.1) is 11.3 Å². The predicted molar refractivity (Wildman–Crippen MR) is 56.4 cm³/mol. The summed E-state index contributed by atoms with van der Waals surface area (Å²) in [5, 5.41) is 3.41. The summed E-state index contributed by atoms with van der Waals surface area (Å²) in [6.45, 7) is 1.49. The van der Waals surface area contributed by atoms with Crippen molar-refractivity contribution in [2.24, 2.45) is 5.73 Å². The summed E-state index contributed by atoms with van der Waals surface area (Å²) in [6, 6.07) is 0.258. The van der Waals surface area contributed by atoms with Gasteiger partial charge < -0.3 is 11.1 Å². The minimum atomic E-state index is -0.0691. The molecule has 1 heterocycles. The van der Waals surface area contributed by atoms with Crippen molar-refractivity contribution >= 4 is 22.4 Å². The monoisotopic (exact) mass is 211 g/mol. The van der Waals surface area contributed by atoms with Crippen LogP contribution >= 0.6 is 11.3 Å². The minimum Gasteiger partial charge on any atom is -0.327 e. The number of fused-ring (bicyclic) bond motifs is 1. The molecule has 0 aliphatic heterocycles. The number of anilines is 1. The van der Waals surface area contributed by atoms with Crippen LogP contribution in [0, 0.1) is 0 Å². The van der Waals surface area contributed by atoms with Crippen LogP contribution < -0.4 is 11.1 Å². The fraction of sp³-hybridized carbons (Fsp3) is 0.556. The van der Waals surface area contributed by atoms with E-state index in [1.807, 2.05) is 0 Å². The Hall–Kier alpha value is -0.940. The molecular formula is C9H13N3OS. The third-order valence-electron chi connectivity index (χ3n) is 2.26. The number of aromatic nitrogens is 1. The Bertz CT molecular complexity index is 361. The van der Waals surface area contributed by atoms with Crippen molar-refractivity contribution in [1.29, 1.82) is 0 Å². The Morgan fingerprint density at radius 3 is 3.21 bits per heavy atom. The van der Waals surface area contributed by atoms with Gasteiger partial charge >= 0.3 is 0 Å². The highest BCUT2D eigenvalue weighted by molar-refractivity contribution is 7.15. The highest BCUT2D eigenvalue weighted by Gasteiger charge is 2.20. The maximum atomic E-state index is 10.8. The number of carbonyl (C=O) groups excluding carboxylic acids is 1. The summed E-state index contributed by atoms with van der Waals surface area (Å²) in [5.41, 5.74) is 6.96. The highest BCUT2D eigenvalue weighted by atomic mass is 32.1. The van der Waals surface area contributed by atoms with Crippen LogP contribution in [-0.4, -0.2) is 16.9 Å². The number of nitrogens with zero attached hydrogens (tertiary/aromatic N) is 1. The highest BCUT2D eigenvalue weighted by Crippen LogP contribution is 2.29. The van der Waals surface area contributed by atoms with Crippen molar-refractivity contribution in [3.63, 3.8) is 0 Å². The molecule has 0 saturated carbocycles. The lowest BCUT2D eigenvalue weighted by atomic mass is 9.99. The number of carbonyl (C=O) groups is 1. The summed E-state index contributed by atoms with van der Waals surface area (Å²) < 4.78 is 0. The Labute approximate surface area is 86.5 Å². The van der Waals surface area contributed by atoms with Crippen LogP contribution in [0.1, 0.15) is 23.9 Å². The van der Waals surface area contributed by atoms with E-state index in [4.69, 9.17) is 5.73 Å². The molecule has 0 radical (unpaired) electrons. The SMILES string of the molecule is CC(=O)Nc1nc2c(s1)C[C@@H](N)CC2. The second-order valence-corrected chi connectivity index (χ2v) is 4.66. The summed E-state index contributed by atoms with van der Waals surface area (Å²) in [4.78, 5) is 16.4. The molecule has 1 aliphatic rings. The molecule has 0 spiro atoms. The number of nitrogens with two attached hydrogens (primary N) is 1. The first-order chi connectivity index (χ1) is 6.65. The maximum Gasteiger partial charge on any atom is 0.223 e. The molecule has 14 heavy (non-hydrogen) atoms. The van der Waals surface area contributed by atoms with Crippen molar-refractivity contribution in [2.45, 2.75) is 32.2 Å². The summed E-state index contributed by atoms with van der Waals surface area (Å²) in [7, 11) is 0. The smallest absolute Gasteiger partial charge is 0.223 e. The molecule has 0 aromatic carbocycles. The number of thiazole rings is 1. The molecule has 0 fully saturated rings. The van der Waals surface area contributed by atoms with E-state index in [9.17, 15) is 4.79 Å². The lowest BCUT2D eigenvalue weighted by molar-refractivity contribution is -0.114. The molecule has 4 nitrogen and oxygen atoms in total. The standard InChI is InChI=1S/C9H13N3OS/c1-5(13)11-9-12-7-3-2-6(10)4-8(7)14-9/h6H,2-4,10H2,1H3,(H,11,12,13)/t6-/m0/s1. The number of rotatable bonds is 1. The Morgan fingerprint density at radius 2 is 2.50 bits per heavy atom. The summed E-state index contributed by atoms with van der Waals surface area (Å²) in [5.74, 6) is -0.0691. The Kier molecular flexibility index (Phi) is 2.52. The van der Waals surface area contributed by atoms with Crippen molar-refractivity contribution < 1.29 is 4.79 Å². The van der Waals surface area contributed by atoms with E-state index in [1.54, 1.807) is 11.3 Å². The molecule has 5 heteroatoms. The van der Waals surface area contributed by atoms with Gasteiger partial charge in [-0.05, 0) is 19.3 Å². The van der Waals surface area contributed by atoms with Crippen LogP contribution in [0.2, 0.25) is 0 Å². The lowest BCUT2D eigenvalue weighted by Gasteiger charge is -2.15. The fourth-order valence-electron chi connectivity index (χ4n) is 1.60. The van der Waals surface area contributed by atoms with E-state index in [0.29, 0.717) is 5.13 Å². The number of hydrogen-bond donors (Lipinski definition) is 2. The van der Waals surface area contributed by atoms with E-state index in [0.717, 1.165) is 25.0 Å². The van der Waals surface area contributed by atoms with Gasteiger partial charge in [0.05, 0.1) is 5.69 Å². The van der Waals surface area contributed by atoms with Gasteiger partial charge in [-0.1, -0.05) is 0 Å². The van der Waals surface area contributed by atoms with Crippen LogP contribution in [0.4, 0.5) is 5.13 Å². The second kappa shape index (κ2) is 3.67. The molecule has 1 aliphatic carbocycles. The first-order valence-electron chi connectivity index (χ1n) is 4.67. The molecule has 2 rings (SSSR count). The van der Waals surface area contributed by atoms with Gasteiger partial charge in [-0.3, -0.25) is 4.79 Å². The van der Waals surface area contributed by atoms with Gasteiger partial charge in [-0.25, -0.2) is 4.98 Å². The first kappa shape index (κ1) is 9.61. The van der Waals surface area contributed by atoms with Gasteiger partial charge in [0.1, 0.15) is 0 Å². The quantitative estimate of drug-likeness (QED) is 0.725. The zero-order valence-corrected chi connectivity index (χ0v) is 8.86. The predicted octanol–water partition coefficient (Wildman–Crippen LogP) is 0.917. The minimum absolute atomic E-state index is 0.0691. The number of amides is 1. The van der Waals surface area contributed by atoms with Gasteiger partial charge in [-0.2, -0.15) is 0 Å². The van der Waals surface area contributed by atoms with Crippen LogP contribution in [0.25, 0.3) is 0 Å². The van der Waals surface area contributed by atoms with E-state index >= 15 is 0 Å². The van der Waals surface area contributed by atoms with Crippen molar-refractivity contribution in [3.05, 3.63) is 10.6 Å². The van der Waals surface area contributed by atoms with E-state index in [1.165, 1.54) is 11.8 Å². The van der Waals surface area contributed by atoms with Crippen LogP contribution in [-0.2, 0) is 17.6 Å². The molecular weight excluding hydrogens is 198 g/mol. The van der Waals surface area contributed by atoms with Crippen LogP contribution in [0.3, 0.4) is 0 Å². The average Bonchev–Trinajstić information content (AvgIpc) is 2.44. The maximum absolute atomic E-state index is 10.8. The Morgan fingerprint density at radius 1 is 1.71 bits per heavy atom. The topological polar surface area (TPSA) is 68.0 Å². The van der Waals surface area contributed by atoms with E-state index in [-0.39, 0.29) is 11.9 Å². The largest absolute Gasteiger partial charge is 0.327 e. The number of aryl methyl sites for hydroxylation is 1. The second-order valence-electron chi connectivity index (χ2n) is 3.57. The average molecular weight is 211 g/mol. The normalized spacial score (nSPS) is 20.3. The van der Waals surface area contributed by atoms with Crippen LogP contribution in [0.15, 0.2) is 0 Å². The van der Waals surface area contributed by atoms with Gasteiger partial charge in [0, 0.05) is 17.8 Å². The molecule has 1 atom stereocenters. The molecule has 76 valence electrons. The van der Waals surface area contributed by atoms with Gasteiger partial charge in [0.25, 0.3) is 0 Å². The van der Waals surface area contributed by atoms with E-state index in [2.05, 4.69) is 10.3 Å². The van der Waals surface area contributed by atoms with Crippen molar-refractivity contribution in [3.8, 4) is 0 Å². The fourth-order valence-corrected chi connectivity index (χ4v) is 2.75. The zero-order valence-electron chi connectivity index (χ0n) is 8.04. The molecule has 3 N–H and O–H groups in total. The van der Waals surface area contributed by atoms with Crippen LogP contribution in [0.5, 0.6) is 0 Å². The van der Waals surface area contributed by atoms with Crippen molar-refractivity contribution in [1.82, 2.24) is 4.98 Å². The molecule has 0 saturated heterocycles. The molecule has 1 aromatic rings. The summed E-state index contributed by atoms with van der Waals surface area (Å²) in [6.07, 6.45) is 2.83. The molecule has 1 aromatic heterocycles. The Balaban J connectivity index is 2.19. The molecule has 0 bridgehead atoms. The molecule has 1 amide bonds. The number of hydrogen-bond acceptors (Lipinski definition) is 4.